The molecule has 1 atom stereocenters. The maximum absolute atomic E-state index is 12.5. The molecule has 0 saturated carbocycles. The molecule has 1 heterocycles. The van der Waals surface area contributed by atoms with Crippen molar-refractivity contribution in [1.82, 2.24) is 15.1 Å². The van der Waals surface area contributed by atoms with Crippen molar-refractivity contribution < 1.29 is 9.59 Å². The van der Waals surface area contributed by atoms with E-state index in [1.54, 1.807) is 6.92 Å². The van der Waals surface area contributed by atoms with Gasteiger partial charge in [-0.2, -0.15) is 0 Å². The zero-order valence-corrected chi connectivity index (χ0v) is 16.1. The predicted octanol–water partition coefficient (Wildman–Crippen LogP) is 2.27. The van der Waals surface area contributed by atoms with Gasteiger partial charge in [-0.15, -0.1) is 0 Å². The van der Waals surface area contributed by atoms with Gasteiger partial charge < -0.3 is 15.1 Å². The summed E-state index contributed by atoms with van der Waals surface area (Å²) >= 11 is 0. The lowest BCUT2D eigenvalue weighted by Gasteiger charge is -2.35. The Morgan fingerprint density at radius 3 is 2.12 bits per heavy atom. The van der Waals surface area contributed by atoms with Crippen LogP contribution in [0.5, 0.6) is 0 Å². The van der Waals surface area contributed by atoms with E-state index in [0.717, 1.165) is 32.7 Å². The minimum Gasteiger partial charge on any atom is -0.341 e. The molecule has 5 nitrogen and oxygen atoms in total. The van der Waals surface area contributed by atoms with Crippen LogP contribution < -0.4 is 5.32 Å². The lowest BCUT2D eigenvalue weighted by molar-refractivity contribution is -0.134. The number of benzene rings is 1. The third kappa shape index (κ3) is 5.05. The monoisotopic (exact) mass is 345 g/mol. The minimum absolute atomic E-state index is 0.00425. The maximum Gasteiger partial charge on any atom is 0.251 e. The van der Waals surface area contributed by atoms with Crippen LogP contribution in [-0.2, 0) is 10.2 Å². The number of likely N-dealkylation sites (N-methyl/N-ethyl adjacent to an activating group) is 1. The van der Waals surface area contributed by atoms with Gasteiger partial charge in [-0.25, -0.2) is 0 Å². The quantitative estimate of drug-likeness (QED) is 0.911. The third-order valence-corrected chi connectivity index (χ3v) is 4.86. The fraction of sp³-hybridized carbons (Fsp3) is 0.600. The summed E-state index contributed by atoms with van der Waals surface area (Å²) in [4.78, 5) is 29.1. The van der Waals surface area contributed by atoms with Gasteiger partial charge in [0.15, 0.2) is 0 Å². The van der Waals surface area contributed by atoms with Gasteiger partial charge in [0, 0.05) is 31.7 Å². The molecule has 1 fully saturated rings. The molecule has 0 radical (unpaired) electrons. The van der Waals surface area contributed by atoms with E-state index in [4.69, 9.17) is 0 Å². The van der Waals surface area contributed by atoms with Crippen LogP contribution in [0.2, 0.25) is 0 Å². The molecule has 0 unspecified atom stereocenters. The first-order valence-corrected chi connectivity index (χ1v) is 9.15. The molecule has 1 N–H and O–H groups in total. The molecule has 0 bridgehead atoms. The Kier molecular flexibility index (Phi) is 6.22. The summed E-state index contributed by atoms with van der Waals surface area (Å²) in [6.45, 7) is 14.6. The summed E-state index contributed by atoms with van der Waals surface area (Å²) in [6.07, 6.45) is 0. The number of carbonyl (C=O) groups excluding carboxylic acids is 2. The molecule has 1 aliphatic rings. The number of rotatable bonds is 4. The van der Waals surface area contributed by atoms with Crippen LogP contribution in [0.25, 0.3) is 0 Å². The standard InChI is InChI=1S/C20H31N3O2/c1-6-22-11-13-23(14-12-22)19(25)15(2)21-18(24)16-7-9-17(10-8-16)20(3,4)5/h7-10,15H,6,11-14H2,1-5H3,(H,21,24)/t15-/m1/s1. The fourth-order valence-corrected chi connectivity index (χ4v) is 3.02. The van der Waals surface area contributed by atoms with Gasteiger partial charge in [-0.05, 0) is 36.6 Å². The molecule has 2 rings (SSSR count). The van der Waals surface area contributed by atoms with Gasteiger partial charge >= 0.3 is 0 Å². The van der Waals surface area contributed by atoms with E-state index in [-0.39, 0.29) is 17.2 Å². The highest BCUT2D eigenvalue weighted by atomic mass is 16.2. The second-order valence-corrected chi connectivity index (χ2v) is 7.78. The van der Waals surface area contributed by atoms with Crippen molar-refractivity contribution in [2.45, 2.75) is 46.1 Å². The summed E-state index contributed by atoms with van der Waals surface area (Å²) in [7, 11) is 0. The topological polar surface area (TPSA) is 52.6 Å². The Labute approximate surface area is 151 Å². The highest BCUT2D eigenvalue weighted by molar-refractivity contribution is 5.97. The van der Waals surface area contributed by atoms with Gasteiger partial charge in [-0.1, -0.05) is 39.8 Å². The van der Waals surface area contributed by atoms with Crippen LogP contribution in [0.1, 0.15) is 50.5 Å². The van der Waals surface area contributed by atoms with Crippen molar-refractivity contribution in [3.8, 4) is 0 Å². The largest absolute Gasteiger partial charge is 0.341 e. The second-order valence-electron chi connectivity index (χ2n) is 7.78. The fourth-order valence-electron chi connectivity index (χ4n) is 3.02. The molecule has 5 heteroatoms. The lowest BCUT2D eigenvalue weighted by atomic mass is 9.86. The van der Waals surface area contributed by atoms with Crippen LogP contribution in [0.4, 0.5) is 0 Å². The Bertz CT molecular complexity index is 596. The van der Waals surface area contributed by atoms with Crippen LogP contribution in [0, 0.1) is 0 Å². The van der Waals surface area contributed by atoms with E-state index in [1.807, 2.05) is 29.2 Å². The highest BCUT2D eigenvalue weighted by Gasteiger charge is 2.25. The Morgan fingerprint density at radius 2 is 1.64 bits per heavy atom. The van der Waals surface area contributed by atoms with Crippen LogP contribution in [0.3, 0.4) is 0 Å². The van der Waals surface area contributed by atoms with Crippen LogP contribution in [0.15, 0.2) is 24.3 Å². The van der Waals surface area contributed by atoms with Crippen LogP contribution in [-0.4, -0.2) is 60.4 Å². The normalized spacial score (nSPS) is 17.2. The van der Waals surface area contributed by atoms with Gasteiger partial charge in [-0.3, -0.25) is 9.59 Å². The number of hydrogen-bond donors (Lipinski definition) is 1. The summed E-state index contributed by atoms with van der Waals surface area (Å²) in [6, 6.07) is 7.10. The van der Waals surface area contributed by atoms with E-state index in [9.17, 15) is 9.59 Å². The molecular formula is C20H31N3O2. The lowest BCUT2D eigenvalue weighted by Crippen LogP contribution is -2.54. The van der Waals surface area contributed by atoms with Crippen molar-refractivity contribution in [1.29, 1.82) is 0 Å². The van der Waals surface area contributed by atoms with E-state index in [1.165, 1.54) is 5.56 Å². The van der Waals surface area contributed by atoms with E-state index in [2.05, 4.69) is 37.9 Å². The number of piperazine rings is 1. The highest BCUT2D eigenvalue weighted by Crippen LogP contribution is 2.22. The molecule has 138 valence electrons. The summed E-state index contributed by atoms with van der Waals surface area (Å²) in [5.41, 5.74) is 1.82. The zero-order valence-electron chi connectivity index (χ0n) is 16.1. The molecule has 1 saturated heterocycles. The first-order chi connectivity index (χ1) is 11.7. The van der Waals surface area contributed by atoms with E-state index < -0.39 is 6.04 Å². The molecule has 0 spiro atoms. The first kappa shape index (κ1) is 19.4. The molecule has 1 aromatic rings. The molecule has 0 aromatic heterocycles. The maximum atomic E-state index is 12.5. The van der Waals surface area contributed by atoms with Gasteiger partial charge in [0.05, 0.1) is 0 Å². The van der Waals surface area contributed by atoms with E-state index in [0.29, 0.717) is 5.56 Å². The summed E-state index contributed by atoms with van der Waals surface area (Å²) < 4.78 is 0. The molecule has 1 aromatic carbocycles. The Hall–Kier alpha value is -1.88. The van der Waals surface area contributed by atoms with Crippen LogP contribution >= 0.6 is 0 Å². The second kappa shape index (κ2) is 8.00. The molecule has 1 aliphatic heterocycles. The zero-order chi connectivity index (χ0) is 18.6. The number of amides is 2. The predicted molar refractivity (Wildman–Crippen MR) is 101 cm³/mol. The molecule has 2 amide bonds. The summed E-state index contributed by atoms with van der Waals surface area (Å²) in [5.74, 6) is -0.205. The SMILES string of the molecule is CCN1CCN(C(=O)[C@@H](C)NC(=O)c2ccc(C(C)(C)C)cc2)CC1. The van der Waals surface area contributed by atoms with Crippen molar-refractivity contribution >= 4 is 11.8 Å². The number of nitrogens with zero attached hydrogens (tertiary/aromatic N) is 2. The van der Waals surface area contributed by atoms with Gasteiger partial charge in [0.25, 0.3) is 5.91 Å². The molecular weight excluding hydrogens is 314 g/mol. The molecule has 25 heavy (non-hydrogen) atoms. The van der Waals surface area contributed by atoms with Crippen molar-refractivity contribution in [2.75, 3.05) is 32.7 Å². The smallest absolute Gasteiger partial charge is 0.251 e. The van der Waals surface area contributed by atoms with E-state index >= 15 is 0 Å². The Morgan fingerprint density at radius 1 is 1.08 bits per heavy atom. The van der Waals surface area contributed by atoms with Crippen molar-refractivity contribution in [2.24, 2.45) is 0 Å². The molecule has 0 aliphatic carbocycles. The van der Waals surface area contributed by atoms with Gasteiger partial charge in [0.1, 0.15) is 6.04 Å². The third-order valence-electron chi connectivity index (χ3n) is 4.86. The van der Waals surface area contributed by atoms with Gasteiger partial charge in [0.2, 0.25) is 5.91 Å². The number of carbonyl (C=O) groups is 2. The van der Waals surface area contributed by atoms with Crippen molar-refractivity contribution in [3.63, 3.8) is 0 Å². The minimum atomic E-state index is -0.511. The van der Waals surface area contributed by atoms with Crippen molar-refractivity contribution in [3.05, 3.63) is 35.4 Å². The average Bonchev–Trinajstić information content (AvgIpc) is 2.60. The number of hydrogen-bond acceptors (Lipinski definition) is 3. The summed E-state index contributed by atoms with van der Waals surface area (Å²) in [5, 5.41) is 2.83. The average molecular weight is 345 g/mol. The Balaban J connectivity index is 1.92. The first-order valence-electron chi connectivity index (χ1n) is 9.15. The number of nitrogens with one attached hydrogen (secondary N) is 1.